The van der Waals surface area contributed by atoms with E-state index in [1.165, 1.54) is 7.05 Å². The highest BCUT2D eigenvalue weighted by molar-refractivity contribution is 5.97. The van der Waals surface area contributed by atoms with Gasteiger partial charge in [-0.15, -0.1) is 0 Å². The summed E-state index contributed by atoms with van der Waals surface area (Å²) in [6, 6.07) is 0.00126. The number of allylic oxidation sites excluding steroid dienone is 2. The second kappa shape index (κ2) is 6.82. The summed E-state index contributed by atoms with van der Waals surface area (Å²) in [4.78, 5) is 24.6. The van der Waals surface area contributed by atoms with Gasteiger partial charge < -0.3 is 10.2 Å². The largest absolute Gasteiger partial charge is 0.359 e. The Morgan fingerprint density at radius 1 is 1.44 bits per heavy atom. The van der Waals surface area contributed by atoms with Gasteiger partial charge in [0.1, 0.15) is 6.42 Å². The molecule has 0 fully saturated rings. The molecule has 0 unspecified atom stereocenters. The standard InChI is InChI=1S/C12H20N2O2/c1-6-10(7-2)14(9(3)4)12(16)8-11(15)13-5/h6-7,9H,1,8H2,2-5H3,(H,13,15)/b10-7+. The zero-order valence-corrected chi connectivity index (χ0v) is 10.4. The zero-order chi connectivity index (χ0) is 12.7. The van der Waals surface area contributed by atoms with Crippen LogP contribution in [0.15, 0.2) is 24.4 Å². The predicted octanol–water partition coefficient (Wildman–Crippen LogP) is 1.45. The van der Waals surface area contributed by atoms with Crippen LogP contribution in [0.5, 0.6) is 0 Å². The van der Waals surface area contributed by atoms with Crippen molar-refractivity contribution in [3.63, 3.8) is 0 Å². The Morgan fingerprint density at radius 2 is 2.00 bits per heavy atom. The molecule has 0 aliphatic heterocycles. The van der Waals surface area contributed by atoms with E-state index in [0.29, 0.717) is 0 Å². The van der Waals surface area contributed by atoms with Gasteiger partial charge >= 0.3 is 0 Å². The molecule has 0 aromatic rings. The minimum atomic E-state index is -0.282. The predicted molar refractivity (Wildman–Crippen MR) is 64.6 cm³/mol. The first-order valence-corrected chi connectivity index (χ1v) is 5.29. The molecule has 0 atom stereocenters. The van der Waals surface area contributed by atoms with Crippen LogP contribution in [-0.2, 0) is 9.59 Å². The molecule has 0 spiro atoms. The van der Waals surface area contributed by atoms with Crippen molar-refractivity contribution in [3.05, 3.63) is 24.4 Å². The summed E-state index contributed by atoms with van der Waals surface area (Å²) < 4.78 is 0. The van der Waals surface area contributed by atoms with Crippen molar-refractivity contribution in [2.24, 2.45) is 0 Å². The number of carbonyl (C=O) groups is 2. The summed E-state index contributed by atoms with van der Waals surface area (Å²) in [5, 5.41) is 2.43. The molecular weight excluding hydrogens is 204 g/mol. The van der Waals surface area contributed by atoms with Gasteiger partial charge in [0, 0.05) is 18.8 Å². The lowest BCUT2D eigenvalue weighted by Gasteiger charge is -2.27. The summed E-state index contributed by atoms with van der Waals surface area (Å²) in [6.07, 6.45) is 3.27. The number of hydrogen-bond donors (Lipinski definition) is 1. The van der Waals surface area contributed by atoms with Gasteiger partial charge in [-0.3, -0.25) is 9.59 Å². The van der Waals surface area contributed by atoms with E-state index in [4.69, 9.17) is 0 Å². The van der Waals surface area contributed by atoms with E-state index in [2.05, 4.69) is 11.9 Å². The van der Waals surface area contributed by atoms with Gasteiger partial charge in [-0.05, 0) is 26.8 Å². The van der Waals surface area contributed by atoms with Crippen LogP contribution in [0, 0.1) is 0 Å². The smallest absolute Gasteiger partial charge is 0.236 e. The van der Waals surface area contributed by atoms with Crippen LogP contribution < -0.4 is 5.32 Å². The Balaban J connectivity index is 4.86. The third-order valence-corrected chi connectivity index (χ3v) is 2.16. The number of nitrogens with zero attached hydrogens (tertiary/aromatic N) is 1. The molecule has 0 aliphatic rings. The molecule has 0 heterocycles. The maximum Gasteiger partial charge on any atom is 0.236 e. The minimum absolute atomic E-state index is 0.00126. The van der Waals surface area contributed by atoms with Crippen LogP contribution in [0.2, 0.25) is 0 Å². The Kier molecular flexibility index (Phi) is 6.15. The highest BCUT2D eigenvalue weighted by Crippen LogP contribution is 2.12. The maximum absolute atomic E-state index is 11.9. The molecule has 4 nitrogen and oxygen atoms in total. The second-order valence-electron chi connectivity index (χ2n) is 3.63. The second-order valence-corrected chi connectivity index (χ2v) is 3.63. The fourth-order valence-corrected chi connectivity index (χ4v) is 1.40. The van der Waals surface area contributed by atoms with Crippen molar-refractivity contribution in [2.45, 2.75) is 33.2 Å². The zero-order valence-electron chi connectivity index (χ0n) is 10.4. The van der Waals surface area contributed by atoms with Gasteiger partial charge in [0.2, 0.25) is 11.8 Å². The Morgan fingerprint density at radius 3 is 2.31 bits per heavy atom. The molecule has 0 aliphatic carbocycles. The minimum Gasteiger partial charge on any atom is -0.359 e. The van der Waals surface area contributed by atoms with Gasteiger partial charge in [-0.25, -0.2) is 0 Å². The Hall–Kier alpha value is -1.58. The lowest BCUT2D eigenvalue weighted by molar-refractivity contribution is -0.135. The molecule has 0 rings (SSSR count). The third kappa shape index (κ3) is 3.88. The van der Waals surface area contributed by atoms with Gasteiger partial charge in [-0.2, -0.15) is 0 Å². The molecule has 1 N–H and O–H groups in total. The van der Waals surface area contributed by atoms with Gasteiger partial charge in [0.05, 0.1) is 0 Å². The first-order chi connectivity index (χ1) is 7.47. The number of nitrogens with one attached hydrogen (secondary N) is 1. The summed E-state index contributed by atoms with van der Waals surface area (Å²) in [7, 11) is 1.51. The van der Waals surface area contributed by atoms with Crippen LogP contribution in [0.4, 0.5) is 0 Å². The van der Waals surface area contributed by atoms with E-state index in [9.17, 15) is 9.59 Å². The first-order valence-electron chi connectivity index (χ1n) is 5.29. The molecule has 0 aromatic carbocycles. The molecular formula is C12H20N2O2. The monoisotopic (exact) mass is 224 g/mol. The highest BCUT2D eigenvalue weighted by Gasteiger charge is 2.21. The normalized spacial score (nSPS) is 11.2. The van der Waals surface area contributed by atoms with Crippen molar-refractivity contribution < 1.29 is 9.59 Å². The summed E-state index contributed by atoms with van der Waals surface area (Å²) in [5.74, 6) is -0.502. The lowest BCUT2D eigenvalue weighted by atomic mass is 10.2. The number of hydrogen-bond acceptors (Lipinski definition) is 2. The van der Waals surface area contributed by atoms with Gasteiger partial charge in [0.25, 0.3) is 0 Å². The van der Waals surface area contributed by atoms with Gasteiger partial charge in [-0.1, -0.05) is 12.7 Å². The van der Waals surface area contributed by atoms with Crippen molar-refractivity contribution in [3.8, 4) is 0 Å². The van der Waals surface area contributed by atoms with Crippen molar-refractivity contribution in [2.75, 3.05) is 7.05 Å². The first kappa shape index (κ1) is 14.4. The van der Waals surface area contributed by atoms with E-state index in [0.717, 1.165) is 5.70 Å². The Bertz CT molecular complexity index is 306. The molecule has 0 radical (unpaired) electrons. The lowest BCUT2D eigenvalue weighted by Crippen LogP contribution is -2.38. The van der Waals surface area contributed by atoms with Crippen LogP contribution >= 0.6 is 0 Å². The average molecular weight is 224 g/mol. The van der Waals surface area contributed by atoms with Crippen molar-refractivity contribution >= 4 is 11.8 Å². The van der Waals surface area contributed by atoms with Crippen LogP contribution in [0.1, 0.15) is 27.2 Å². The van der Waals surface area contributed by atoms with Gasteiger partial charge in [0.15, 0.2) is 0 Å². The summed E-state index contributed by atoms with van der Waals surface area (Å²) >= 11 is 0. The molecule has 90 valence electrons. The SMILES string of the molecule is C=C/C(=C\C)N(C(=O)CC(=O)NC)C(C)C. The van der Waals surface area contributed by atoms with Crippen LogP contribution in [0.25, 0.3) is 0 Å². The molecule has 0 saturated carbocycles. The topological polar surface area (TPSA) is 49.4 Å². The molecule has 4 heteroatoms. The fourth-order valence-electron chi connectivity index (χ4n) is 1.40. The van der Waals surface area contributed by atoms with E-state index in [1.54, 1.807) is 17.1 Å². The highest BCUT2D eigenvalue weighted by atomic mass is 16.2. The maximum atomic E-state index is 11.9. The number of carbonyl (C=O) groups excluding carboxylic acids is 2. The van der Waals surface area contributed by atoms with E-state index in [1.807, 2.05) is 20.8 Å². The molecule has 0 bridgehead atoms. The quantitative estimate of drug-likeness (QED) is 0.567. The number of amides is 2. The molecule has 16 heavy (non-hydrogen) atoms. The fraction of sp³-hybridized carbons (Fsp3) is 0.500. The Labute approximate surface area is 97.0 Å². The molecule has 0 aromatic heterocycles. The molecule has 0 saturated heterocycles. The van der Waals surface area contributed by atoms with E-state index < -0.39 is 0 Å². The van der Waals surface area contributed by atoms with Crippen LogP contribution in [-0.4, -0.2) is 29.8 Å². The van der Waals surface area contributed by atoms with Crippen LogP contribution in [0.3, 0.4) is 0 Å². The molecule has 2 amide bonds. The average Bonchev–Trinajstić information content (AvgIpc) is 2.24. The van der Waals surface area contributed by atoms with Crippen molar-refractivity contribution in [1.29, 1.82) is 0 Å². The van der Waals surface area contributed by atoms with E-state index in [-0.39, 0.29) is 24.3 Å². The van der Waals surface area contributed by atoms with E-state index >= 15 is 0 Å². The third-order valence-electron chi connectivity index (χ3n) is 2.16. The summed E-state index contributed by atoms with van der Waals surface area (Å²) in [6.45, 7) is 9.28. The summed E-state index contributed by atoms with van der Waals surface area (Å²) in [5.41, 5.74) is 0.726. The van der Waals surface area contributed by atoms with Crippen molar-refractivity contribution in [1.82, 2.24) is 10.2 Å². The number of rotatable bonds is 5.